The number of H-pyrrole nitrogens is 1. The van der Waals surface area contributed by atoms with Gasteiger partial charge in [0, 0.05) is 28.7 Å². The molecule has 2 atom stereocenters. The molecule has 0 amide bonds. The Hall–Kier alpha value is -1.87. The summed E-state index contributed by atoms with van der Waals surface area (Å²) in [5.74, 6) is -0.00756. The van der Waals surface area contributed by atoms with E-state index in [1.54, 1.807) is 30.7 Å². The average Bonchev–Trinajstić information content (AvgIpc) is 3.10. The molecule has 4 rings (SSSR count). The number of hydrogen-bond donors (Lipinski definition) is 1. The molecule has 1 N–H and O–H groups in total. The second-order valence-electron chi connectivity index (χ2n) is 6.71. The van der Waals surface area contributed by atoms with Crippen LogP contribution in [-0.4, -0.2) is 40.8 Å². The number of nitrogens with zero attached hydrogens (tertiary/aromatic N) is 1. The topological polar surface area (TPSA) is 76.2 Å². The first kappa shape index (κ1) is 18.5. The van der Waals surface area contributed by atoms with E-state index < -0.39 is 21.2 Å². The highest BCUT2D eigenvalue weighted by Crippen LogP contribution is 2.41. The summed E-state index contributed by atoms with van der Waals surface area (Å²) in [6.45, 7) is 2.07. The number of benzene rings is 2. The number of fused-ring (bicyclic) bond motifs is 2. The number of aromatic amines is 1. The zero-order valence-corrected chi connectivity index (χ0v) is 16.5. The molecule has 0 bridgehead atoms. The van der Waals surface area contributed by atoms with Crippen molar-refractivity contribution in [1.29, 1.82) is 0 Å². The molecule has 2 unspecified atom stereocenters. The number of hydrogen-bond acceptors (Lipinski definition) is 3. The Bertz CT molecular complexity index is 1130. The minimum atomic E-state index is -3.58. The number of aromatic nitrogens is 1. The van der Waals surface area contributed by atoms with Crippen LogP contribution in [0.1, 0.15) is 18.5 Å². The number of nitrogens with one attached hydrogen (secondary N) is 1. The van der Waals surface area contributed by atoms with Crippen LogP contribution in [0, 0.1) is 5.82 Å². The fourth-order valence-corrected chi connectivity index (χ4v) is 6.09. The first-order valence-corrected chi connectivity index (χ1v) is 11.7. The molecule has 27 heavy (non-hydrogen) atoms. The molecule has 0 fully saturated rings. The molecule has 1 aliphatic heterocycles. The number of sulfonamides is 1. The molecule has 0 radical (unpaired) electrons. The van der Waals surface area contributed by atoms with Gasteiger partial charge in [-0.05, 0) is 48.4 Å². The highest BCUT2D eigenvalue weighted by atomic mass is 32.2. The normalized spacial score (nSPS) is 20.1. The van der Waals surface area contributed by atoms with Crippen LogP contribution in [0.2, 0.25) is 0 Å². The van der Waals surface area contributed by atoms with E-state index >= 15 is 0 Å². The zero-order chi connectivity index (χ0) is 19.3. The molecule has 0 spiro atoms. The van der Waals surface area contributed by atoms with Crippen LogP contribution < -0.4 is 0 Å². The van der Waals surface area contributed by atoms with E-state index in [1.165, 1.54) is 16.4 Å². The molecule has 2 aromatic carbocycles. The van der Waals surface area contributed by atoms with Gasteiger partial charge in [-0.1, -0.05) is 17.2 Å². The van der Waals surface area contributed by atoms with Crippen LogP contribution in [0.4, 0.5) is 4.39 Å². The third-order valence-corrected chi connectivity index (χ3v) is 7.83. The molecular formula is C19H19FN2O3S2. The third-order valence-electron chi connectivity index (χ3n) is 5.03. The predicted molar refractivity (Wildman–Crippen MR) is 105 cm³/mol. The van der Waals surface area contributed by atoms with Crippen LogP contribution in [0.15, 0.2) is 47.5 Å². The average molecular weight is 407 g/mol. The first-order chi connectivity index (χ1) is 12.8. The van der Waals surface area contributed by atoms with Gasteiger partial charge in [0.15, 0.2) is 0 Å². The lowest BCUT2D eigenvalue weighted by Crippen LogP contribution is -2.31. The minimum Gasteiger partial charge on any atom is -0.617 e. The summed E-state index contributed by atoms with van der Waals surface area (Å²) in [5, 5.41) is 0.878. The van der Waals surface area contributed by atoms with E-state index in [1.807, 2.05) is 13.0 Å². The highest BCUT2D eigenvalue weighted by molar-refractivity contribution is 7.91. The SMILES string of the molecule is CC1c2cc(-c3c[nH]c4cc(F)ccc34)ccc2S(=O)(=O)N1CC[S+](C)[O-]. The largest absolute Gasteiger partial charge is 0.617 e. The molecule has 142 valence electrons. The van der Waals surface area contributed by atoms with Crippen LogP contribution in [0.3, 0.4) is 0 Å². The van der Waals surface area contributed by atoms with Crippen molar-refractivity contribution in [2.75, 3.05) is 18.6 Å². The molecule has 0 saturated heterocycles. The van der Waals surface area contributed by atoms with Crippen molar-refractivity contribution in [3.8, 4) is 11.1 Å². The summed E-state index contributed by atoms with van der Waals surface area (Å²) >= 11 is -1.06. The summed E-state index contributed by atoms with van der Waals surface area (Å²) in [5.41, 5.74) is 3.18. The van der Waals surface area contributed by atoms with E-state index in [0.29, 0.717) is 16.2 Å². The number of rotatable bonds is 4. The van der Waals surface area contributed by atoms with Crippen molar-refractivity contribution >= 4 is 32.1 Å². The predicted octanol–water partition coefficient (Wildman–Crippen LogP) is 3.42. The lowest BCUT2D eigenvalue weighted by molar-refractivity contribution is 0.376. The molecule has 2 heterocycles. The maximum Gasteiger partial charge on any atom is 0.244 e. The third kappa shape index (κ3) is 3.06. The van der Waals surface area contributed by atoms with Crippen LogP contribution in [-0.2, 0) is 21.2 Å². The van der Waals surface area contributed by atoms with Crippen LogP contribution in [0.5, 0.6) is 0 Å². The van der Waals surface area contributed by atoms with Gasteiger partial charge in [0.1, 0.15) is 11.6 Å². The first-order valence-electron chi connectivity index (χ1n) is 8.52. The quantitative estimate of drug-likeness (QED) is 0.675. The molecule has 1 aromatic heterocycles. The Morgan fingerprint density at radius 2 is 2.04 bits per heavy atom. The Balaban J connectivity index is 1.77. The van der Waals surface area contributed by atoms with E-state index in [-0.39, 0.29) is 18.4 Å². The van der Waals surface area contributed by atoms with Gasteiger partial charge in [-0.25, -0.2) is 12.8 Å². The molecule has 1 aliphatic rings. The Kier molecular flexibility index (Phi) is 4.54. The molecule has 5 nitrogen and oxygen atoms in total. The molecule has 0 aliphatic carbocycles. The van der Waals surface area contributed by atoms with E-state index in [4.69, 9.17) is 0 Å². The highest BCUT2D eigenvalue weighted by Gasteiger charge is 2.40. The van der Waals surface area contributed by atoms with Gasteiger partial charge in [-0.15, -0.1) is 0 Å². The van der Waals surface area contributed by atoms with Gasteiger partial charge < -0.3 is 9.54 Å². The van der Waals surface area contributed by atoms with Crippen LogP contribution >= 0.6 is 0 Å². The summed E-state index contributed by atoms with van der Waals surface area (Å²) < 4.78 is 51.9. The standard InChI is InChI=1S/C19H19FN2O3S2/c1-12-16-9-13(17-11-21-18-10-14(20)4-5-15(17)18)3-6-19(16)27(24,25)22(12)7-8-26(2)23/h3-6,9-12,21H,7-8H2,1-2H3. The lowest BCUT2D eigenvalue weighted by atomic mass is 9.99. The van der Waals surface area contributed by atoms with Crippen molar-refractivity contribution in [3.05, 3.63) is 54.0 Å². The second-order valence-corrected chi connectivity index (χ2v) is 10.1. The van der Waals surface area contributed by atoms with E-state index in [2.05, 4.69) is 4.98 Å². The summed E-state index contributed by atoms with van der Waals surface area (Å²) in [6, 6.07) is 9.52. The molecule has 0 saturated carbocycles. The molecular weight excluding hydrogens is 387 g/mol. The van der Waals surface area contributed by atoms with Crippen molar-refractivity contribution in [2.24, 2.45) is 0 Å². The van der Waals surface area contributed by atoms with Crippen LogP contribution in [0.25, 0.3) is 22.0 Å². The van der Waals surface area contributed by atoms with E-state index in [0.717, 1.165) is 22.1 Å². The number of halogens is 1. The summed E-state index contributed by atoms with van der Waals surface area (Å²) in [6.07, 6.45) is 3.37. The van der Waals surface area contributed by atoms with Gasteiger partial charge in [0.2, 0.25) is 10.0 Å². The fourth-order valence-electron chi connectivity index (χ4n) is 3.64. The molecule has 8 heteroatoms. The molecule has 3 aromatic rings. The maximum absolute atomic E-state index is 13.4. The minimum absolute atomic E-state index is 0.225. The lowest BCUT2D eigenvalue weighted by Gasteiger charge is -2.19. The van der Waals surface area contributed by atoms with Gasteiger partial charge in [-0.3, -0.25) is 0 Å². The Morgan fingerprint density at radius 3 is 2.78 bits per heavy atom. The van der Waals surface area contributed by atoms with Crippen molar-refractivity contribution < 1.29 is 17.4 Å². The van der Waals surface area contributed by atoms with Gasteiger partial charge in [0.25, 0.3) is 0 Å². The van der Waals surface area contributed by atoms with Gasteiger partial charge in [-0.2, -0.15) is 4.31 Å². The smallest absolute Gasteiger partial charge is 0.244 e. The maximum atomic E-state index is 13.4. The van der Waals surface area contributed by atoms with Gasteiger partial charge in [0.05, 0.1) is 17.7 Å². The Morgan fingerprint density at radius 1 is 1.26 bits per heavy atom. The fraction of sp³-hybridized carbons (Fsp3) is 0.263. The van der Waals surface area contributed by atoms with Crippen molar-refractivity contribution in [2.45, 2.75) is 17.9 Å². The monoisotopic (exact) mass is 406 g/mol. The zero-order valence-electron chi connectivity index (χ0n) is 14.9. The van der Waals surface area contributed by atoms with Gasteiger partial charge >= 0.3 is 0 Å². The van der Waals surface area contributed by atoms with Crippen molar-refractivity contribution in [1.82, 2.24) is 9.29 Å². The van der Waals surface area contributed by atoms with Crippen molar-refractivity contribution in [3.63, 3.8) is 0 Å². The summed E-state index contributed by atoms with van der Waals surface area (Å²) in [7, 11) is -3.58. The summed E-state index contributed by atoms with van der Waals surface area (Å²) in [4.78, 5) is 3.36. The Labute approximate surface area is 160 Å². The van der Waals surface area contributed by atoms with E-state index in [9.17, 15) is 17.4 Å². The second kappa shape index (κ2) is 6.63.